The van der Waals surface area contributed by atoms with Gasteiger partial charge in [0.1, 0.15) is 28.7 Å². The van der Waals surface area contributed by atoms with Gasteiger partial charge in [-0.25, -0.2) is 0 Å². The molecular formula is C48H36Br2O3. The van der Waals surface area contributed by atoms with E-state index in [4.69, 9.17) is 14.6 Å². The molecule has 0 spiro atoms. The molecule has 5 heteroatoms. The average Bonchev–Trinajstić information content (AvgIpc) is 3.20. The number of aromatic hydroxyl groups is 1. The van der Waals surface area contributed by atoms with E-state index in [2.05, 4.69) is 80.4 Å². The Morgan fingerprint density at radius 2 is 0.604 bits per heavy atom. The van der Waals surface area contributed by atoms with Crippen molar-refractivity contribution >= 4 is 31.9 Å². The summed E-state index contributed by atoms with van der Waals surface area (Å²) in [5.41, 5.74) is 6.99. The maximum absolute atomic E-state index is 9.10. The van der Waals surface area contributed by atoms with Crippen LogP contribution in [0.3, 0.4) is 0 Å². The molecule has 0 heterocycles. The predicted molar refractivity (Wildman–Crippen MR) is 226 cm³/mol. The zero-order valence-electron chi connectivity index (χ0n) is 28.7. The standard InChI is InChI=1S/C30H22O2.C12H10O.C6H4Br2/c1-3-8-23(9-4-1)25-14-18-27(19-15-25)31-29-12-7-13-30(22-29)32-28-20-16-26(17-21-28)24-10-5-2-6-11-24;13-12-8-6-11(7-9-12)10-4-2-1-3-5-10;7-5-2-1-3-6(8)4-5/h1-22H;1-9,13H;1-4H. The van der Waals surface area contributed by atoms with E-state index in [1.54, 1.807) is 12.1 Å². The summed E-state index contributed by atoms with van der Waals surface area (Å²) in [6.45, 7) is 0. The minimum atomic E-state index is 0.305. The first kappa shape index (κ1) is 36.9. The molecule has 8 aromatic carbocycles. The first-order chi connectivity index (χ1) is 26.0. The number of hydrogen-bond acceptors (Lipinski definition) is 3. The Balaban J connectivity index is 0.000000186. The van der Waals surface area contributed by atoms with Crippen molar-refractivity contribution in [2.75, 3.05) is 0 Å². The highest BCUT2D eigenvalue weighted by Gasteiger charge is 2.04. The first-order valence-corrected chi connectivity index (χ1v) is 18.6. The van der Waals surface area contributed by atoms with Gasteiger partial charge in [-0.15, -0.1) is 0 Å². The lowest BCUT2D eigenvalue weighted by molar-refractivity contribution is 0.460. The number of rotatable bonds is 7. The quantitative estimate of drug-likeness (QED) is 0.174. The number of hydrogen-bond donors (Lipinski definition) is 1. The van der Waals surface area contributed by atoms with Crippen molar-refractivity contribution in [1.29, 1.82) is 0 Å². The monoisotopic (exact) mass is 818 g/mol. The van der Waals surface area contributed by atoms with E-state index in [1.807, 2.05) is 152 Å². The summed E-state index contributed by atoms with van der Waals surface area (Å²) in [7, 11) is 0. The van der Waals surface area contributed by atoms with Crippen LogP contribution in [-0.4, -0.2) is 5.11 Å². The highest BCUT2D eigenvalue weighted by molar-refractivity contribution is 9.11. The van der Waals surface area contributed by atoms with E-state index >= 15 is 0 Å². The number of ether oxygens (including phenoxy) is 2. The summed E-state index contributed by atoms with van der Waals surface area (Å²) < 4.78 is 14.3. The molecule has 53 heavy (non-hydrogen) atoms. The molecule has 0 radical (unpaired) electrons. The normalized spacial score (nSPS) is 10.2. The van der Waals surface area contributed by atoms with Gasteiger partial charge in [-0.1, -0.05) is 171 Å². The van der Waals surface area contributed by atoms with Crippen molar-refractivity contribution in [3.05, 3.63) is 221 Å². The van der Waals surface area contributed by atoms with E-state index in [1.165, 1.54) is 16.7 Å². The zero-order chi connectivity index (χ0) is 36.7. The van der Waals surface area contributed by atoms with E-state index in [0.29, 0.717) is 5.75 Å². The highest BCUT2D eigenvalue weighted by Crippen LogP contribution is 2.31. The van der Waals surface area contributed by atoms with E-state index in [9.17, 15) is 0 Å². The van der Waals surface area contributed by atoms with Gasteiger partial charge in [0.15, 0.2) is 0 Å². The molecule has 0 aromatic heterocycles. The van der Waals surface area contributed by atoms with E-state index < -0.39 is 0 Å². The second kappa shape index (κ2) is 19.1. The topological polar surface area (TPSA) is 38.7 Å². The molecule has 0 amide bonds. The van der Waals surface area contributed by atoms with Crippen molar-refractivity contribution < 1.29 is 14.6 Å². The second-order valence-electron chi connectivity index (χ2n) is 11.8. The Bertz CT molecular complexity index is 2160. The lowest BCUT2D eigenvalue weighted by Gasteiger charge is -2.10. The summed E-state index contributed by atoms with van der Waals surface area (Å²) in [6, 6.07) is 69.8. The number of phenolic OH excluding ortho intramolecular Hbond substituents is 1. The summed E-state index contributed by atoms with van der Waals surface area (Å²) in [5, 5.41) is 9.10. The van der Waals surface area contributed by atoms with Crippen LogP contribution in [0.4, 0.5) is 0 Å². The lowest BCUT2D eigenvalue weighted by atomic mass is 10.1. The van der Waals surface area contributed by atoms with Crippen molar-refractivity contribution in [3.63, 3.8) is 0 Å². The van der Waals surface area contributed by atoms with Crippen molar-refractivity contribution in [2.45, 2.75) is 0 Å². The molecule has 0 atom stereocenters. The third-order valence-electron chi connectivity index (χ3n) is 7.96. The Hall–Kier alpha value is -5.88. The molecule has 8 aromatic rings. The molecule has 0 saturated carbocycles. The molecule has 0 fully saturated rings. The van der Waals surface area contributed by atoms with Gasteiger partial charge in [0, 0.05) is 15.0 Å². The van der Waals surface area contributed by atoms with Crippen LogP contribution in [0.1, 0.15) is 0 Å². The van der Waals surface area contributed by atoms with Crippen molar-refractivity contribution in [1.82, 2.24) is 0 Å². The molecule has 0 aliphatic rings. The Labute approximate surface area is 328 Å². The van der Waals surface area contributed by atoms with Crippen LogP contribution in [0.5, 0.6) is 28.7 Å². The van der Waals surface area contributed by atoms with Gasteiger partial charge >= 0.3 is 0 Å². The molecule has 0 unspecified atom stereocenters. The smallest absolute Gasteiger partial charge is 0.131 e. The van der Waals surface area contributed by atoms with Crippen LogP contribution >= 0.6 is 31.9 Å². The third-order valence-corrected chi connectivity index (χ3v) is 8.95. The fraction of sp³-hybridized carbons (Fsp3) is 0. The first-order valence-electron chi connectivity index (χ1n) is 17.0. The second-order valence-corrected chi connectivity index (χ2v) is 13.6. The Kier molecular flexibility index (Phi) is 13.3. The number of phenols is 1. The van der Waals surface area contributed by atoms with Crippen molar-refractivity contribution in [2.24, 2.45) is 0 Å². The van der Waals surface area contributed by atoms with Crippen LogP contribution in [0.2, 0.25) is 0 Å². The summed E-state index contributed by atoms with van der Waals surface area (Å²) >= 11 is 6.66. The van der Waals surface area contributed by atoms with E-state index in [-0.39, 0.29) is 0 Å². The van der Waals surface area contributed by atoms with Gasteiger partial charge in [0.25, 0.3) is 0 Å². The molecule has 0 aliphatic carbocycles. The zero-order valence-corrected chi connectivity index (χ0v) is 31.9. The highest BCUT2D eigenvalue weighted by atomic mass is 79.9. The molecular weight excluding hydrogens is 784 g/mol. The fourth-order valence-electron chi connectivity index (χ4n) is 5.31. The SMILES string of the molecule is Brc1cccc(Br)c1.Oc1ccc(-c2ccccc2)cc1.c1ccc(-c2ccc(Oc3cccc(Oc4ccc(-c5ccccc5)cc4)c3)cc2)cc1. The van der Waals surface area contributed by atoms with Crippen LogP contribution in [0.25, 0.3) is 33.4 Å². The van der Waals surface area contributed by atoms with Crippen molar-refractivity contribution in [3.8, 4) is 62.1 Å². The van der Waals surface area contributed by atoms with Gasteiger partial charge in [-0.2, -0.15) is 0 Å². The molecule has 0 saturated heterocycles. The van der Waals surface area contributed by atoms with Crippen LogP contribution in [0, 0.1) is 0 Å². The summed E-state index contributed by atoms with van der Waals surface area (Å²) in [4.78, 5) is 0. The fourth-order valence-corrected chi connectivity index (χ4v) is 6.42. The maximum atomic E-state index is 9.10. The minimum Gasteiger partial charge on any atom is -0.508 e. The molecule has 3 nitrogen and oxygen atoms in total. The Morgan fingerprint density at radius 3 is 0.943 bits per heavy atom. The van der Waals surface area contributed by atoms with Crippen LogP contribution in [-0.2, 0) is 0 Å². The Morgan fingerprint density at radius 1 is 0.283 bits per heavy atom. The number of halogens is 2. The van der Waals surface area contributed by atoms with Crippen LogP contribution < -0.4 is 9.47 Å². The number of benzene rings is 8. The largest absolute Gasteiger partial charge is 0.508 e. The van der Waals surface area contributed by atoms with Gasteiger partial charge in [0.05, 0.1) is 0 Å². The predicted octanol–water partition coefficient (Wildman–Crippen LogP) is 14.9. The van der Waals surface area contributed by atoms with Crippen LogP contribution in [0.15, 0.2) is 221 Å². The molecule has 0 aliphatic heterocycles. The molecule has 1 N–H and O–H groups in total. The molecule has 0 bridgehead atoms. The minimum absolute atomic E-state index is 0.305. The van der Waals surface area contributed by atoms with Gasteiger partial charge in [-0.3, -0.25) is 0 Å². The summed E-state index contributed by atoms with van der Waals surface area (Å²) in [6.07, 6.45) is 0. The third kappa shape index (κ3) is 11.6. The lowest BCUT2D eigenvalue weighted by Crippen LogP contribution is -1.88. The maximum Gasteiger partial charge on any atom is 0.131 e. The molecule has 260 valence electrons. The summed E-state index contributed by atoms with van der Waals surface area (Å²) in [5.74, 6) is 3.34. The average molecular weight is 821 g/mol. The van der Waals surface area contributed by atoms with Gasteiger partial charge < -0.3 is 14.6 Å². The van der Waals surface area contributed by atoms with E-state index in [0.717, 1.165) is 48.6 Å². The molecule has 8 rings (SSSR count). The van der Waals surface area contributed by atoms with Gasteiger partial charge in [-0.05, 0) is 100 Å². The van der Waals surface area contributed by atoms with Gasteiger partial charge in [0.2, 0.25) is 0 Å².